The first kappa shape index (κ1) is 42.8. The number of unbranched alkanes of at least 4 members (excludes halogenated alkanes) is 1. The molecular weight excluding hydrogens is 601 g/mol. The summed E-state index contributed by atoms with van der Waals surface area (Å²) in [6, 6.07) is 3.69. The molecule has 6 heteroatoms. The normalized spacial score (nSPS) is 21.2. The average molecular weight is 679 g/mol. The second-order valence-corrected chi connectivity index (χ2v) is 32.2. The lowest BCUT2D eigenvalue weighted by molar-refractivity contribution is 0.0814. The van der Waals surface area contributed by atoms with Crippen LogP contribution in [-0.2, 0) is 13.3 Å². The summed E-state index contributed by atoms with van der Waals surface area (Å²) >= 11 is 0. The summed E-state index contributed by atoms with van der Waals surface area (Å²) in [6.07, 6.45) is 16.4. The Kier molecular flexibility index (Phi) is 16.6. The van der Waals surface area contributed by atoms with E-state index in [-0.39, 0.29) is 27.9 Å². The van der Waals surface area contributed by atoms with Gasteiger partial charge in [-0.25, -0.2) is 0 Å². The Morgan fingerprint density at radius 3 is 1.84 bits per heavy atom. The SMILES string of the molecule is C=C1/C(=C\C=C\CCC[C@@H](C)CCCC(C)(C)O[Si](CC)(CC)CC)C[C@@H](O[Si](C)(C)C(C)(C)C)C[C@@H]1O[Si](C)(C)C(C)(C)C. The third-order valence-corrected chi connectivity index (χ3v) is 25.5. The molecule has 0 aromatic rings. The van der Waals surface area contributed by atoms with Crippen molar-refractivity contribution in [2.75, 3.05) is 0 Å². The van der Waals surface area contributed by atoms with Crippen LogP contribution in [0.15, 0.2) is 36.0 Å². The maximum absolute atomic E-state index is 6.99. The lowest BCUT2D eigenvalue weighted by atomic mass is 9.86. The second-order valence-electron chi connectivity index (χ2n) is 18.0. The largest absolute Gasteiger partial charge is 0.413 e. The predicted octanol–water partition coefficient (Wildman–Crippen LogP) is 13.4. The Morgan fingerprint density at radius 2 is 1.33 bits per heavy atom. The number of allylic oxidation sites excluding steroid dienone is 3. The summed E-state index contributed by atoms with van der Waals surface area (Å²) in [5.41, 5.74) is 2.48. The van der Waals surface area contributed by atoms with Crippen molar-refractivity contribution < 1.29 is 13.3 Å². The summed E-state index contributed by atoms with van der Waals surface area (Å²) < 4.78 is 20.8. The monoisotopic (exact) mass is 679 g/mol. The molecule has 1 saturated carbocycles. The summed E-state index contributed by atoms with van der Waals surface area (Å²) in [4.78, 5) is 0. The van der Waals surface area contributed by atoms with Crippen LogP contribution in [0.4, 0.5) is 0 Å². The van der Waals surface area contributed by atoms with Crippen LogP contribution in [-0.4, -0.2) is 42.8 Å². The van der Waals surface area contributed by atoms with Gasteiger partial charge in [-0.05, 0) is 111 Å². The zero-order valence-electron chi connectivity index (χ0n) is 33.2. The van der Waals surface area contributed by atoms with E-state index in [1.54, 1.807) is 0 Å². The molecule has 0 heterocycles. The first-order valence-corrected chi connectivity index (χ1v) is 26.9. The quantitative estimate of drug-likeness (QED) is 0.107. The molecule has 0 unspecified atom stereocenters. The minimum absolute atomic E-state index is 0.0107. The van der Waals surface area contributed by atoms with Gasteiger partial charge in [0.05, 0.1) is 17.8 Å². The first-order valence-electron chi connectivity index (χ1n) is 18.6. The van der Waals surface area contributed by atoms with E-state index >= 15 is 0 Å². The number of hydrogen-bond donors (Lipinski definition) is 0. The molecule has 0 aromatic heterocycles. The zero-order valence-corrected chi connectivity index (χ0v) is 36.2. The molecule has 3 atom stereocenters. The van der Waals surface area contributed by atoms with E-state index in [1.165, 1.54) is 55.8 Å². The minimum atomic E-state index is -1.94. The molecule has 1 aliphatic carbocycles. The van der Waals surface area contributed by atoms with E-state index in [4.69, 9.17) is 13.3 Å². The van der Waals surface area contributed by atoms with Crippen LogP contribution in [0.5, 0.6) is 0 Å². The summed E-state index contributed by atoms with van der Waals surface area (Å²) in [7, 11) is -5.38. The molecule has 0 aliphatic heterocycles. The van der Waals surface area contributed by atoms with Crippen molar-refractivity contribution in [2.45, 2.75) is 207 Å². The van der Waals surface area contributed by atoms with Gasteiger partial charge in [0.15, 0.2) is 25.0 Å². The average Bonchev–Trinajstić information content (AvgIpc) is 2.89. The molecule has 3 nitrogen and oxygen atoms in total. The van der Waals surface area contributed by atoms with Gasteiger partial charge in [-0.2, -0.15) is 0 Å². The van der Waals surface area contributed by atoms with E-state index in [1.807, 2.05) is 0 Å². The maximum atomic E-state index is 6.99. The fourth-order valence-electron chi connectivity index (χ4n) is 6.05. The van der Waals surface area contributed by atoms with Crippen molar-refractivity contribution in [3.05, 3.63) is 36.0 Å². The van der Waals surface area contributed by atoms with Gasteiger partial charge in [0.2, 0.25) is 0 Å². The number of rotatable bonds is 18. The van der Waals surface area contributed by atoms with E-state index in [0.717, 1.165) is 30.8 Å². The first-order chi connectivity index (χ1) is 20.4. The van der Waals surface area contributed by atoms with Gasteiger partial charge in [0, 0.05) is 6.42 Å². The predicted molar refractivity (Wildman–Crippen MR) is 209 cm³/mol. The highest BCUT2D eigenvalue weighted by Gasteiger charge is 2.44. The zero-order chi connectivity index (χ0) is 34.9. The van der Waals surface area contributed by atoms with Crippen LogP contribution < -0.4 is 0 Å². The highest BCUT2D eigenvalue weighted by molar-refractivity contribution is 6.74. The van der Waals surface area contributed by atoms with Crippen LogP contribution in [0.1, 0.15) is 134 Å². The van der Waals surface area contributed by atoms with Gasteiger partial charge in [0.25, 0.3) is 0 Å². The van der Waals surface area contributed by atoms with Crippen LogP contribution in [0, 0.1) is 5.92 Å². The Morgan fingerprint density at radius 1 is 0.822 bits per heavy atom. The highest BCUT2D eigenvalue weighted by atomic mass is 28.4. The maximum Gasteiger partial charge on any atom is 0.192 e. The highest BCUT2D eigenvalue weighted by Crippen LogP contribution is 2.44. The molecule has 0 aromatic carbocycles. The third-order valence-electron chi connectivity index (χ3n) is 11.6. The Bertz CT molecular complexity index is 953. The van der Waals surface area contributed by atoms with Crippen molar-refractivity contribution in [1.82, 2.24) is 0 Å². The minimum Gasteiger partial charge on any atom is -0.413 e. The molecular formula is C39H78O3Si3. The molecule has 0 spiro atoms. The van der Waals surface area contributed by atoms with Crippen molar-refractivity contribution in [3.63, 3.8) is 0 Å². The molecule has 0 amide bonds. The van der Waals surface area contributed by atoms with Gasteiger partial charge < -0.3 is 13.3 Å². The van der Waals surface area contributed by atoms with E-state index < -0.39 is 25.0 Å². The molecule has 1 fully saturated rings. The lowest BCUT2D eigenvalue weighted by Crippen LogP contribution is -2.49. The fourth-order valence-corrected chi connectivity index (χ4v) is 11.9. The summed E-state index contributed by atoms with van der Waals surface area (Å²) in [5.74, 6) is 0.762. The third kappa shape index (κ3) is 13.6. The van der Waals surface area contributed by atoms with Gasteiger partial charge in [-0.3, -0.25) is 0 Å². The van der Waals surface area contributed by atoms with Gasteiger partial charge in [0.1, 0.15) is 0 Å². The van der Waals surface area contributed by atoms with Gasteiger partial charge in [-0.1, -0.05) is 113 Å². The molecule has 1 aliphatic rings. The second kappa shape index (κ2) is 17.4. The van der Waals surface area contributed by atoms with Crippen LogP contribution >= 0.6 is 0 Å². The van der Waals surface area contributed by atoms with Crippen LogP contribution in [0.25, 0.3) is 0 Å². The molecule has 0 saturated heterocycles. The van der Waals surface area contributed by atoms with Crippen molar-refractivity contribution in [1.29, 1.82) is 0 Å². The Hall–Kier alpha value is -0.249. The Labute approximate surface area is 285 Å². The Balaban J connectivity index is 2.77. The fraction of sp³-hybridized carbons (Fsp3) is 0.846. The van der Waals surface area contributed by atoms with Crippen LogP contribution in [0.2, 0.25) is 54.4 Å². The van der Waals surface area contributed by atoms with Gasteiger partial charge in [-0.15, -0.1) is 0 Å². The molecule has 0 bridgehead atoms. The van der Waals surface area contributed by atoms with Crippen molar-refractivity contribution in [2.24, 2.45) is 5.92 Å². The number of hydrogen-bond acceptors (Lipinski definition) is 3. The summed E-state index contributed by atoms with van der Waals surface area (Å²) in [6.45, 7) is 42.1. The van der Waals surface area contributed by atoms with Gasteiger partial charge >= 0.3 is 0 Å². The van der Waals surface area contributed by atoms with E-state index in [0.29, 0.717) is 0 Å². The van der Waals surface area contributed by atoms with E-state index in [9.17, 15) is 0 Å². The standard InChI is InChI=1S/C39H78O3Si3/c1-18-45(19-2,20-3)42-39(12,13)29-25-27-32(4)26-23-21-22-24-28-34-30-35(40-43(14,15)37(6,7)8)31-36(33(34)5)41-44(16,17)38(9,10)11/h22,24,28,32,35-36H,5,18-21,23,25-27,29-31H2,1-4,6-17H3/b24-22+,34-28-/t32-,35-,36+/m1/s1. The van der Waals surface area contributed by atoms with Crippen LogP contribution in [0.3, 0.4) is 0 Å². The molecule has 0 radical (unpaired) electrons. The topological polar surface area (TPSA) is 27.7 Å². The molecule has 0 N–H and O–H groups in total. The van der Waals surface area contributed by atoms with Crippen molar-refractivity contribution >= 4 is 25.0 Å². The van der Waals surface area contributed by atoms with E-state index in [2.05, 4.69) is 134 Å². The summed E-state index contributed by atoms with van der Waals surface area (Å²) in [5, 5.41) is 0.354. The smallest absolute Gasteiger partial charge is 0.192 e. The molecule has 45 heavy (non-hydrogen) atoms. The van der Waals surface area contributed by atoms with Crippen molar-refractivity contribution in [3.8, 4) is 0 Å². The molecule has 264 valence electrons. The molecule has 1 rings (SSSR count). The lowest BCUT2D eigenvalue weighted by Gasteiger charge is -2.45.